The number of nitrogens with one attached hydrogen (secondary N) is 1. The summed E-state index contributed by atoms with van der Waals surface area (Å²) in [7, 11) is 0. The van der Waals surface area contributed by atoms with Gasteiger partial charge < -0.3 is 11.1 Å². The van der Waals surface area contributed by atoms with Crippen LogP contribution in [-0.4, -0.2) is 16.9 Å². The molecule has 2 rings (SSSR count). The third-order valence-electron chi connectivity index (χ3n) is 3.28. The lowest BCUT2D eigenvalue weighted by Gasteiger charge is -2.10. The normalized spacial score (nSPS) is 23.6. The van der Waals surface area contributed by atoms with Crippen molar-refractivity contribution < 1.29 is 4.79 Å². The van der Waals surface area contributed by atoms with Crippen molar-refractivity contribution in [3.63, 3.8) is 0 Å². The Morgan fingerprint density at radius 1 is 1.53 bits per heavy atom. The summed E-state index contributed by atoms with van der Waals surface area (Å²) >= 11 is 0. The number of pyridine rings is 1. The van der Waals surface area contributed by atoms with Gasteiger partial charge in [0.1, 0.15) is 0 Å². The van der Waals surface area contributed by atoms with Crippen LogP contribution in [0.2, 0.25) is 0 Å². The van der Waals surface area contributed by atoms with E-state index in [0.717, 1.165) is 30.5 Å². The second-order valence-corrected chi connectivity index (χ2v) is 4.80. The first-order valence-electron chi connectivity index (χ1n) is 6.10. The van der Waals surface area contributed by atoms with Crippen molar-refractivity contribution in [1.82, 2.24) is 10.3 Å². The number of aryl methyl sites for hydroxylation is 1. The van der Waals surface area contributed by atoms with Crippen molar-refractivity contribution in [3.8, 4) is 0 Å². The van der Waals surface area contributed by atoms with Crippen molar-refractivity contribution in [3.05, 3.63) is 29.6 Å². The fourth-order valence-corrected chi connectivity index (χ4v) is 2.19. The van der Waals surface area contributed by atoms with Gasteiger partial charge in [0.05, 0.1) is 0 Å². The summed E-state index contributed by atoms with van der Waals surface area (Å²) in [5, 5.41) is 2.95. The number of carbonyl (C=O) groups excluding carboxylic acids is 1. The summed E-state index contributed by atoms with van der Waals surface area (Å²) in [6.45, 7) is 2.50. The summed E-state index contributed by atoms with van der Waals surface area (Å²) in [6, 6.07) is 4.14. The van der Waals surface area contributed by atoms with Gasteiger partial charge in [0.25, 0.3) is 0 Å². The Morgan fingerprint density at radius 3 is 2.94 bits per heavy atom. The molecule has 3 N–H and O–H groups in total. The van der Waals surface area contributed by atoms with Gasteiger partial charge in [-0.1, -0.05) is 6.07 Å². The number of nitrogens with zero attached hydrogens (tertiary/aromatic N) is 1. The van der Waals surface area contributed by atoms with Gasteiger partial charge in [0, 0.05) is 30.4 Å². The lowest BCUT2D eigenvalue weighted by molar-refractivity contribution is -0.125. The molecule has 1 amide bonds. The number of rotatable bonds is 3. The van der Waals surface area contributed by atoms with Crippen LogP contribution in [0.15, 0.2) is 18.3 Å². The molecule has 1 fully saturated rings. The van der Waals surface area contributed by atoms with E-state index in [-0.39, 0.29) is 17.9 Å². The van der Waals surface area contributed by atoms with Crippen LogP contribution in [0.4, 0.5) is 0 Å². The van der Waals surface area contributed by atoms with E-state index in [0.29, 0.717) is 6.54 Å². The van der Waals surface area contributed by atoms with Crippen molar-refractivity contribution in [2.75, 3.05) is 0 Å². The molecule has 92 valence electrons. The van der Waals surface area contributed by atoms with Gasteiger partial charge in [-0.05, 0) is 37.8 Å². The van der Waals surface area contributed by atoms with E-state index in [1.54, 1.807) is 6.20 Å². The van der Waals surface area contributed by atoms with Crippen LogP contribution < -0.4 is 11.1 Å². The highest BCUT2D eigenvalue weighted by Gasteiger charge is 2.27. The first-order valence-corrected chi connectivity index (χ1v) is 6.10. The smallest absolute Gasteiger partial charge is 0.223 e. The molecule has 17 heavy (non-hydrogen) atoms. The zero-order valence-electron chi connectivity index (χ0n) is 10.1. The van der Waals surface area contributed by atoms with Gasteiger partial charge >= 0.3 is 0 Å². The molecular weight excluding hydrogens is 214 g/mol. The Balaban J connectivity index is 1.82. The van der Waals surface area contributed by atoms with E-state index >= 15 is 0 Å². The first-order chi connectivity index (χ1) is 8.15. The molecule has 0 aromatic carbocycles. The predicted molar refractivity (Wildman–Crippen MR) is 66.1 cm³/mol. The lowest BCUT2D eigenvalue weighted by atomic mass is 10.1. The van der Waals surface area contributed by atoms with E-state index in [2.05, 4.69) is 10.3 Å². The summed E-state index contributed by atoms with van der Waals surface area (Å²) in [6.07, 6.45) is 4.50. The molecule has 1 aliphatic rings. The average molecular weight is 233 g/mol. The molecule has 1 aliphatic carbocycles. The van der Waals surface area contributed by atoms with Crippen LogP contribution in [0.25, 0.3) is 0 Å². The minimum absolute atomic E-state index is 0.100. The van der Waals surface area contributed by atoms with Crippen molar-refractivity contribution in [2.24, 2.45) is 11.7 Å². The van der Waals surface area contributed by atoms with Crippen molar-refractivity contribution in [1.29, 1.82) is 0 Å². The SMILES string of the molecule is Cc1ccc(CNC(=O)C2CCC(N)C2)cn1. The topological polar surface area (TPSA) is 68.0 Å². The van der Waals surface area contributed by atoms with Crippen LogP contribution >= 0.6 is 0 Å². The van der Waals surface area contributed by atoms with Crippen molar-refractivity contribution in [2.45, 2.75) is 38.8 Å². The number of carbonyl (C=O) groups is 1. The maximum Gasteiger partial charge on any atom is 0.223 e. The van der Waals surface area contributed by atoms with Gasteiger partial charge in [0.15, 0.2) is 0 Å². The summed E-state index contributed by atoms with van der Waals surface area (Å²) < 4.78 is 0. The van der Waals surface area contributed by atoms with Gasteiger partial charge in [-0.25, -0.2) is 0 Å². The minimum atomic E-state index is 0.100. The predicted octanol–water partition coefficient (Wildman–Crippen LogP) is 1.13. The number of amides is 1. The molecule has 0 saturated heterocycles. The molecule has 1 aromatic rings. The van der Waals surface area contributed by atoms with Crippen molar-refractivity contribution >= 4 is 5.91 Å². The quantitative estimate of drug-likeness (QED) is 0.822. The molecular formula is C13H19N3O. The zero-order chi connectivity index (χ0) is 12.3. The molecule has 2 unspecified atom stereocenters. The molecule has 1 heterocycles. The standard InChI is InChI=1S/C13H19N3O/c1-9-2-3-10(7-15-9)8-16-13(17)11-4-5-12(14)6-11/h2-3,7,11-12H,4-6,8,14H2,1H3,(H,16,17). The number of nitrogens with two attached hydrogens (primary N) is 1. The minimum Gasteiger partial charge on any atom is -0.352 e. The van der Waals surface area contributed by atoms with Crippen LogP contribution in [0, 0.1) is 12.8 Å². The van der Waals surface area contributed by atoms with Crippen LogP contribution in [0.5, 0.6) is 0 Å². The van der Waals surface area contributed by atoms with Gasteiger partial charge in [-0.2, -0.15) is 0 Å². The Hall–Kier alpha value is -1.42. The lowest BCUT2D eigenvalue weighted by Crippen LogP contribution is -2.30. The number of hydrogen-bond acceptors (Lipinski definition) is 3. The van der Waals surface area contributed by atoms with Crippen LogP contribution in [-0.2, 0) is 11.3 Å². The zero-order valence-corrected chi connectivity index (χ0v) is 10.1. The molecule has 1 saturated carbocycles. The molecule has 0 bridgehead atoms. The molecule has 0 radical (unpaired) electrons. The van der Waals surface area contributed by atoms with Crippen LogP contribution in [0.3, 0.4) is 0 Å². The van der Waals surface area contributed by atoms with Gasteiger partial charge in [-0.15, -0.1) is 0 Å². The summed E-state index contributed by atoms with van der Waals surface area (Å²) in [5.41, 5.74) is 7.82. The second kappa shape index (κ2) is 5.27. The summed E-state index contributed by atoms with van der Waals surface area (Å²) in [4.78, 5) is 16.0. The average Bonchev–Trinajstić information content (AvgIpc) is 2.75. The fourth-order valence-electron chi connectivity index (χ4n) is 2.19. The molecule has 4 nitrogen and oxygen atoms in total. The monoisotopic (exact) mass is 233 g/mol. The third kappa shape index (κ3) is 3.27. The van der Waals surface area contributed by atoms with E-state index < -0.39 is 0 Å². The Bertz CT molecular complexity index is 388. The Labute approximate surface area is 102 Å². The van der Waals surface area contributed by atoms with E-state index in [1.807, 2.05) is 19.1 Å². The highest BCUT2D eigenvalue weighted by molar-refractivity contribution is 5.78. The van der Waals surface area contributed by atoms with E-state index in [4.69, 9.17) is 5.73 Å². The second-order valence-electron chi connectivity index (χ2n) is 4.80. The number of hydrogen-bond donors (Lipinski definition) is 2. The third-order valence-corrected chi connectivity index (χ3v) is 3.28. The molecule has 1 aromatic heterocycles. The maximum atomic E-state index is 11.8. The Morgan fingerprint density at radius 2 is 2.35 bits per heavy atom. The molecule has 2 atom stereocenters. The molecule has 4 heteroatoms. The molecule has 0 aliphatic heterocycles. The van der Waals surface area contributed by atoms with Gasteiger partial charge in [0.2, 0.25) is 5.91 Å². The highest BCUT2D eigenvalue weighted by Crippen LogP contribution is 2.24. The van der Waals surface area contributed by atoms with Gasteiger partial charge in [-0.3, -0.25) is 9.78 Å². The summed E-state index contributed by atoms with van der Waals surface area (Å²) in [5.74, 6) is 0.224. The first kappa shape index (κ1) is 12.0. The Kier molecular flexibility index (Phi) is 3.74. The van der Waals surface area contributed by atoms with E-state index in [1.165, 1.54) is 0 Å². The largest absolute Gasteiger partial charge is 0.352 e. The molecule has 0 spiro atoms. The fraction of sp³-hybridized carbons (Fsp3) is 0.538. The highest BCUT2D eigenvalue weighted by atomic mass is 16.1. The van der Waals surface area contributed by atoms with E-state index in [9.17, 15) is 4.79 Å². The number of aromatic nitrogens is 1. The maximum absolute atomic E-state index is 11.8. The van der Waals surface area contributed by atoms with Crippen LogP contribution in [0.1, 0.15) is 30.5 Å².